The van der Waals surface area contributed by atoms with Gasteiger partial charge in [0.25, 0.3) is 0 Å². The van der Waals surface area contributed by atoms with E-state index >= 15 is 0 Å². The van der Waals surface area contributed by atoms with Crippen LogP contribution < -0.4 is 0 Å². The minimum atomic E-state index is -5.23. The third-order valence-corrected chi connectivity index (χ3v) is 6.04. The average Bonchev–Trinajstić information content (AvgIpc) is 2.78. The Balaban J connectivity index is 2.36. The summed E-state index contributed by atoms with van der Waals surface area (Å²) in [6.07, 6.45) is -18.2. The van der Waals surface area contributed by atoms with E-state index in [-0.39, 0.29) is 22.2 Å². The van der Waals surface area contributed by atoms with E-state index in [1.54, 1.807) is 0 Å². The topological polar surface area (TPSA) is 34.1 Å². The van der Waals surface area contributed by atoms with Crippen molar-refractivity contribution in [2.75, 3.05) is 0 Å². The third kappa shape index (κ3) is 10.1. The molecule has 0 aliphatic heterocycles. The molecule has 0 bridgehead atoms. The van der Waals surface area contributed by atoms with Crippen LogP contribution in [0, 0.1) is 5.92 Å². The van der Waals surface area contributed by atoms with Gasteiger partial charge in [-0.25, -0.2) is 4.39 Å². The molecule has 1 unspecified atom stereocenters. The minimum Gasteiger partial charge on any atom is -0.300 e. The van der Waals surface area contributed by atoms with Gasteiger partial charge < -0.3 is 0 Å². The van der Waals surface area contributed by atoms with E-state index in [4.69, 9.17) is 23.2 Å². The Labute approximate surface area is 231 Å². The first kappa shape index (κ1) is 33.6. The van der Waals surface area contributed by atoms with Gasteiger partial charge in [0, 0.05) is 40.4 Å². The number of alkyl halides is 9. The van der Waals surface area contributed by atoms with Crippen molar-refractivity contribution in [3.63, 3.8) is 0 Å². The van der Waals surface area contributed by atoms with Crippen LogP contribution in [0.2, 0.25) is 10.0 Å². The Morgan fingerprint density at radius 2 is 1.45 bits per heavy atom. The monoisotopic (exact) mass is 624 g/mol. The maximum Gasteiger partial charge on any atom is 0.417 e. The van der Waals surface area contributed by atoms with E-state index in [1.165, 1.54) is 6.92 Å². The van der Waals surface area contributed by atoms with Crippen molar-refractivity contribution < 1.29 is 53.5 Å². The van der Waals surface area contributed by atoms with E-state index < -0.39 is 95.7 Å². The fourth-order valence-corrected chi connectivity index (χ4v) is 4.36. The molecule has 0 radical (unpaired) electrons. The van der Waals surface area contributed by atoms with Crippen LogP contribution in [-0.4, -0.2) is 23.9 Å². The second-order valence-corrected chi connectivity index (χ2v) is 9.96. The fraction of sp³-hybridized carbons (Fsp3) is 0.385. The summed E-state index contributed by atoms with van der Waals surface area (Å²) in [5.41, 5.74) is -4.04. The zero-order valence-corrected chi connectivity index (χ0v) is 21.9. The minimum absolute atomic E-state index is 0.0492. The largest absolute Gasteiger partial charge is 0.417 e. The third-order valence-electron chi connectivity index (χ3n) is 5.61. The van der Waals surface area contributed by atoms with Crippen LogP contribution in [0.1, 0.15) is 65.6 Å². The number of benzene rings is 2. The van der Waals surface area contributed by atoms with E-state index in [0.29, 0.717) is 12.1 Å². The molecule has 0 heterocycles. The molecule has 0 N–H and O–H groups in total. The average molecular weight is 625 g/mol. The van der Waals surface area contributed by atoms with Crippen LogP contribution >= 0.6 is 23.2 Å². The molecule has 0 saturated carbocycles. The highest BCUT2D eigenvalue weighted by Gasteiger charge is 2.41. The van der Waals surface area contributed by atoms with Crippen LogP contribution in [0.15, 0.2) is 42.5 Å². The maximum atomic E-state index is 14.9. The fourth-order valence-electron chi connectivity index (χ4n) is 3.82. The van der Waals surface area contributed by atoms with Crippen LogP contribution in [0.4, 0.5) is 43.9 Å². The Hall–Kier alpha value is -2.60. The first-order valence-corrected chi connectivity index (χ1v) is 12.2. The van der Waals surface area contributed by atoms with Gasteiger partial charge in [-0.15, -0.1) is 0 Å². The molecule has 14 heteroatoms. The predicted molar refractivity (Wildman–Crippen MR) is 129 cm³/mol. The van der Waals surface area contributed by atoms with Crippen LogP contribution in [0.3, 0.4) is 0 Å². The summed E-state index contributed by atoms with van der Waals surface area (Å²) >= 11 is 11.5. The first-order chi connectivity index (χ1) is 18.2. The molecule has 0 saturated heterocycles. The second-order valence-electron chi connectivity index (χ2n) is 9.09. The molecule has 2 aromatic rings. The molecule has 2 nitrogen and oxygen atoms in total. The highest BCUT2D eigenvalue weighted by Crippen LogP contribution is 2.41. The molecule has 2 aromatic carbocycles. The summed E-state index contributed by atoms with van der Waals surface area (Å²) in [4.78, 5) is 24.3. The van der Waals surface area contributed by atoms with Crippen molar-refractivity contribution in [1.29, 1.82) is 0 Å². The van der Waals surface area contributed by atoms with Crippen LogP contribution in [0.25, 0.3) is 5.83 Å². The van der Waals surface area contributed by atoms with Gasteiger partial charge in [0.1, 0.15) is 17.5 Å². The standard InChI is InChI=1S/C26H20Cl2F10O2/c1-13(6-18(39)4-5-24(30,31)32)7-23(40)19-3-2-14(10-21(19)26(36,37)38)22(29)12-20(25(33,34)35)15-8-16(27)11-17(28)9-15/h2-3,8-13,20H,4-7H2,1H3/b22-12-/t13-,20?/m1/s1. The number of hydrogen-bond acceptors (Lipinski definition) is 2. The Bertz CT molecular complexity index is 1240. The van der Waals surface area contributed by atoms with Gasteiger partial charge in [0.2, 0.25) is 0 Å². The highest BCUT2D eigenvalue weighted by atomic mass is 35.5. The van der Waals surface area contributed by atoms with Crippen molar-refractivity contribution in [1.82, 2.24) is 0 Å². The van der Waals surface area contributed by atoms with Gasteiger partial charge in [0.15, 0.2) is 5.78 Å². The SMILES string of the molecule is C[C@H](CC(=O)CCC(F)(F)F)CC(=O)c1ccc(/C(F)=C/C(c2cc(Cl)cc(Cl)c2)C(F)(F)F)cc1C(F)(F)F. The molecule has 2 atom stereocenters. The Kier molecular flexibility index (Phi) is 10.9. The lowest BCUT2D eigenvalue weighted by Gasteiger charge is -2.19. The highest BCUT2D eigenvalue weighted by molar-refractivity contribution is 6.34. The first-order valence-electron chi connectivity index (χ1n) is 11.4. The summed E-state index contributed by atoms with van der Waals surface area (Å²) in [5.74, 6) is -7.19. The molecule has 0 fully saturated rings. The van der Waals surface area contributed by atoms with Crippen molar-refractivity contribution in [2.24, 2.45) is 5.92 Å². The second kappa shape index (κ2) is 12.9. The molecule has 40 heavy (non-hydrogen) atoms. The molecule has 220 valence electrons. The summed E-state index contributed by atoms with van der Waals surface area (Å²) in [7, 11) is 0. The van der Waals surface area contributed by atoms with Crippen LogP contribution in [0.5, 0.6) is 0 Å². The lowest BCUT2D eigenvalue weighted by molar-refractivity contribution is -0.143. The molecular weight excluding hydrogens is 605 g/mol. The number of halogens is 12. The normalized spacial score (nSPS) is 14.7. The molecule has 0 spiro atoms. The molecule has 2 rings (SSSR count). The number of carbonyl (C=O) groups is 2. The van der Waals surface area contributed by atoms with Gasteiger partial charge in [0.05, 0.1) is 12.0 Å². The van der Waals surface area contributed by atoms with Crippen LogP contribution in [-0.2, 0) is 11.0 Å². The van der Waals surface area contributed by atoms with Gasteiger partial charge >= 0.3 is 18.5 Å². The lowest BCUT2D eigenvalue weighted by atomic mass is 9.91. The predicted octanol–water partition coefficient (Wildman–Crippen LogP) is 10.2. The number of hydrogen-bond donors (Lipinski definition) is 0. The zero-order valence-electron chi connectivity index (χ0n) is 20.4. The number of carbonyl (C=O) groups excluding carboxylic acids is 2. The van der Waals surface area contributed by atoms with Gasteiger partial charge in [-0.1, -0.05) is 42.3 Å². The van der Waals surface area contributed by atoms with E-state index in [9.17, 15) is 53.5 Å². The van der Waals surface area contributed by atoms with Gasteiger partial charge in [-0.3, -0.25) is 9.59 Å². The molecule has 0 aliphatic rings. The number of Topliss-reactive ketones (excluding diaryl/α,β-unsaturated/α-hetero) is 2. The van der Waals surface area contributed by atoms with E-state index in [2.05, 4.69) is 0 Å². The maximum absolute atomic E-state index is 14.9. The smallest absolute Gasteiger partial charge is 0.300 e. The summed E-state index contributed by atoms with van der Waals surface area (Å²) in [5, 5.41) is -0.381. The molecule has 0 aromatic heterocycles. The van der Waals surface area contributed by atoms with Gasteiger partial charge in [-0.2, -0.15) is 39.5 Å². The summed E-state index contributed by atoms with van der Waals surface area (Å²) in [6.45, 7) is 1.28. The lowest BCUT2D eigenvalue weighted by Crippen LogP contribution is -2.19. The zero-order chi connectivity index (χ0) is 30.6. The molecular formula is C26H20Cl2F10O2. The molecule has 0 amide bonds. The van der Waals surface area contributed by atoms with Crippen molar-refractivity contribution >= 4 is 40.6 Å². The van der Waals surface area contributed by atoms with Crippen molar-refractivity contribution in [3.8, 4) is 0 Å². The quantitative estimate of drug-likeness (QED) is 0.195. The Morgan fingerprint density at radius 1 is 0.875 bits per heavy atom. The number of rotatable bonds is 10. The number of ketones is 2. The van der Waals surface area contributed by atoms with Crippen molar-refractivity contribution in [3.05, 3.63) is 74.8 Å². The molecule has 0 aliphatic carbocycles. The Morgan fingerprint density at radius 3 is 1.95 bits per heavy atom. The summed E-state index contributed by atoms with van der Waals surface area (Å²) in [6, 6.07) is 4.32. The number of allylic oxidation sites excluding steroid dienone is 1. The van der Waals surface area contributed by atoms with E-state index in [0.717, 1.165) is 18.2 Å². The van der Waals surface area contributed by atoms with E-state index in [1.807, 2.05) is 0 Å². The van der Waals surface area contributed by atoms with Crippen molar-refractivity contribution in [2.45, 2.75) is 57.1 Å². The van der Waals surface area contributed by atoms with Gasteiger partial charge in [-0.05, 0) is 41.8 Å². The summed E-state index contributed by atoms with van der Waals surface area (Å²) < 4.78 is 134.